The summed E-state index contributed by atoms with van der Waals surface area (Å²) in [7, 11) is 3.25. The van der Waals surface area contributed by atoms with Gasteiger partial charge in [0, 0.05) is 18.7 Å². The Balaban J connectivity index is 1.83. The number of carbonyl (C=O) groups is 1. The molecule has 1 aromatic heterocycles. The first-order valence-electron chi connectivity index (χ1n) is 13.0. The summed E-state index contributed by atoms with van der Waals surface area (Å²) in [5.41, 5.74) is 2.54. The number of hydrogen-bond donors (Lipinski definition) is 0. The first-order valence-corrected chi connectivity index (χ1v) is 14.9. The molecular formula is C31H30IN3O4S. The number of allylic oxidation sites excluding steroid dienone is 1. The smallest absolute Gasteiger partial charge is 0.271 e. The number of carbonyl (C=O) groups excluding carboxylic acids is 1. The lowest BCUT2D eigenvalue weighted by Crippen LogP contribution is -2.43. The van der Waals surface area contributed by atoms with Gasteiger partial charge in [-0.15, -0.1) is 0 Å². The quantitative estimate of drug-likeness (QED) is 0.264. The maximum Gasteiger partial charge on any atom is 0.271 e. The Morgan fingerprint density at radius 3 is 2.45 bits per heavy atom. The highest BCUT2D eigenvalue weighted by Gasteiger charge is 2.36. The molecule has 1 atom stereocenters. The van der Waals surface area contributed by atoms with Crippen LogP contribution in [-0.4, -0.2) is 42.7 Å². The summed E-state index contributed by atoms with van der Waals surface area (Å²) in [5, 5.41) is 1.92. The molecule has 0 bridgehead atoms. The van der Waals surface area contributed by atoms with E-state index in [2.05, 4.69) is 22.6 Å². The molecule has 1 aliphatic heterocycles. The summed E-state index contributed by atoms with van der Waals surface area (Å²) >= 11 is 3.54. The van der Waals surface area contributed by atoms with Gasteiger partial charge in [-0.1, -0.05) is 47.7 Å². The van der Waals surface area contributed by atoms with E-state index in [0.29, 0.717) is 39.4 Å². The standard InChI is InChI=1S/C31H30IN3O4S/c1-6-34(7-2)30(37)26-18(3)33-31-35(28(26)27-21-11-9-8-10-20(21)13-15-24(27)39-5)29(36)25(40-31)17-19-12-14-23(38-4)22(32)16-19/h8-17,28H,6-7H2,1-5H3/b25-17+/t28-/m1/s1. The zero-order chi connectivity index (χ0) is 28.6. The van der Waals surface area contributed by atoms with E-state index in [0.717, 1.165) is 31.2 Å². The Hall–Kier alpha value is -3.44. The molecule has 0 radical (unpaired) electrons. The molecule has 0 N–H and O–H groups in total. The fourth-order valence-corrected chi connectivity index (χ4v) is 7.01. The van der Waals surface area contributed by atoms with E-state index in [9.17, 15) is 9.59 Å². The zero-order valence-corrected chi connectivity index (χ0v) is 26.0. The number of ether oxygens (including phenoxy) is 2. The summed E-state index contributed by atoms with van der Waals surface area (Å²) in [6, 6.07) is 17.0. The van der Waals surface area contributed by atoms with Gasteiger partial charge in [0.2, 0.25) is 0 Å². The third kappa shape index (κ3) is 4.85. The van der Waals surface area contributed by atoms with Gasteiger partial charge in [0.25, 0.3) is 11.5 Å². The molecule has 7 nitrogen and oxygen atoms in total. The number of aromatic nitrogens is 1. The number of benzene rings is 3. The van der Waals surface area contributed by atoms with E-state index >= 15 is 0 Å². The van der Waals surface area contributed by atoms with E-state index in [1.807, 2.05) is 81.4 Å². The van der Waals surface area contributed by atoms with Gasteiger partial charge in [-0.3, -0.25) is 14.2 Å². The van der Waals surface area contributed by atoms with Crippen molar-refractivity contribution < 1.29 is 14.3 Å². The number of fused-ring (bicyclic) bond motifs is 2. The van der Waals surface area contributed by atoms with Crippen LogP contribution in [0.4, 0.5) is 0 Å². The Labute approximate surface area is 250 Å². The van der Waals surface area contributed by atoms with Gasteiger partial charge < -0.3 is 14.4 Å². The molecule has 0 unspecified atom stereocenters. The van der Waals surface area contributed by atoms with Crippen LogP contribution in [0.2, 0.25) is 0 Å². The molecule has 4 aromatic rings. The first kappa shape index (κ1) is 28.1. The summed E-state index contributed by atoms with van der Waals surface area (Å²) < 4.78 is 14.4. The number of methoxy groups -OCH3 is 2. The summed E-state index contributed by atoms with van der Waals surface area (Å²) in [5.74, 6) is 1.25. The minimum atomic E-state index is -0.705. The van der Waals surface area contributed by atoms with E-state index < -0.39 is 6.04 Å². The normalized spacial score (nSPS) is 15.2. The Kier molecular flexibility index (Phi) is 8.14. The highest BCUT2D eigenvalue weighted by molar-refractivity contribution is 14.1. The van der Waals surface area contributed by atoms with Crippen LogP contribution in [-0.2, 0) is 4.79 Å². The summed E-state index contributed by atoms with van der Waals surface area (Å²) in [6.07, 6.45) is 1.87. The molecule has 3 aromatic carbocycles. The second-order valence-electron chi connectivity index (χ2n) is 9.36. The van der Waals surface area contributed by atoms with Gasteiger partial charge in [-0.05, 0) is 84.0 Å². The fourth-order valence-electron chi connectivity index (χ4n) is 5.21. The van der Waals surface area contributed by atoms with Crippen LogP contribution in [0.25, 0.3) is 16.8 Å². The second kappa shape index (κ2) is 11.6. The van der Waals surface area contributed by atoms with Gasteiger partial charge in [0.05, 0.1) is 33.6 Å². The van der Waals surface area contributed by atoms with Gasteiger partial charge >= 0.3 is 0 Å². The molecule has 2 heterocycles. The maximum absolute atomic E-state index is 14.2. The topological polar surface area (TPSA) is 73.1 Å². The first-order chi connectivity index (χ1) is 19.3. The number of amides is 1. The van der Waals surface area contributed by atoms with E-state index in [1.54, 1.807) is 23.7 Å². The molecule has 0 fully saturated rings. The average Bonchev–Trinajstić information content (AvgIpc) is 3.26. The molecule has 1 amide bonds. The third-order valence-electron chi connectivity index (χ3n) is 7.20. The predicted octanol–water partition coefficient (Wildman–Crippen LogP) is 4.88. The minimum absolute atomic E-state index is 0.134. The molecular weight excluding hydrogens is 637 g/mol. The number of rotatable bonds is 7. The molecule has 0 aliphatic carbocycles. The van der Waals surface area contributed by atoms with Crippen LogP contribution in [0.1, 0.15) is 37.9 Å². The van der Waals surface area contributed by atoms with Crippen molar-refractivity contribution in [2.24, 2.45) is 4.99 Å². The van der Waals surface area contributed by atoms with Crippen LogP contribution >= 0.6 is 33.9 Å². The van der Waals surface area contributed by atoms with Crippen molar-refractivity contribution in [2.45, 2.75) is 26.8 Å². The third-order valence-corrected chi connectivity index (χ3v) is 9.03. The van der Waals surface area contributed by atoms with Crippen molar-refractivity contribution in [1.82, 2.24) is 9.47 Å². The monoisotopic (exact) mass is 667 g/mol. The van der Waals surface area contributed by atoms with Gasteiger partial charge in [0.15, 0.2) is 4.80 Å². The SMILES string of the molecule is CCN(CC)C(=O)C1=C(C)N=c2s/c(=C/c3ccc(OC)c(I)c3)c(=O)n2[C@H]1c1c(OC)ccc2ccccc12. The van der Waals surface area contributed by atoms with Crippen molar-refractivity contribution >= 4 is 56.7 Å². The number of halogens is 1. The van der Waals surface area contributed by atoms with E-state index in [-0.39, 0.29) is 11.5 Å². The number of thiazole rings is 1. The Morgan fingerprint density at radius 2 is 1.77 bits per heavy atom. The van der Waals surface area contributed by atoms with Crippen molar-refractivity contribution in [1.29, 1.82) is 0 Å². The number of likely N-dealkylation sites (N-methyl/N-ethyl adjacent to an activating group) is 1. The van der Waals surface area contributed by atoms with Gasteiger partial charge in [-0.2, -0.15) is 0 Å². The van der Waals surface area contributed by atoms with Crippen molar-refractivity contribution in [3.05, 3.63) is 100 Å². The highest BCUT2D eigenvalue weighted by Crippen LogP contribution is 2.40. The predicted molar refractivity (Wildman–Crippen MR) is 168 cm³/mol. The number of hydrogen-bond acceptors (Lipinski definition) is 6. The fraction of sp³-hybridized carbons (Fsp3) is 0.258. The highest BCUT2D eigenvalue weighted by atomic mass is 127. The largest absolute Gasteiger partial charge is 0.496 e. The lowest BCUT2D eigenvalue weighted by molar-refractivity contribution is -0.127. The van der Waals surface area contributed by atoms with Crippen LogP contribution in [0.3, 0.4) is 0 Å². The molecule has 5 rings (SSSR count). The molecule has 1 aliphatic rings. The van der Waals surface area contributed by atoms with E-state index in [4.69, 9.17) is 14.5 Å². The summed E-state index contributed by atoms with van der Waals surface area (Å²) in [4.78, 5) is 35.4. The van der Waals surface area contributed by atoms with Gasteiger partial charge in [-0.25, -0.2) is 4.99 Å². The molecule has 206 valence electrons. The number of nitrogens with zero attached hydrogens (tertiary/aromatic N) is 3. The average molecular weight is 668 g/mol. The Bertz CT molecular complexity index is 1840. The van der Waals surface area contributed by atoms with Crippen LogP contribution in [0.5, 0.6) is 11.5 Å². The van der Waals surface area contributed by atoms with Crippen LogP contribution in [0.15, 0.2) is 75.7 Å². The van der Waals surface area contributed by atoms with Crippen LogP contribution in [0, 0.1) is 3.57 Å². The van der Waals surface area contributed by atoms with Crippen molar-refractivity contribution in [3.63, 3.8) is 0 Å². The molecule has 0 saturated carbocycles. The van der Waals surface area contributed by atoms with Crippen molar-refractivity contribution in [3.8, 4) is 11.5 Å². The van der Waals surface area contributed by atoms with Crippen LogP contribution < -0.4 is 24.4 Å². The van der Waals surface area contributed by atoms with Crippen molar-refractivity contribution in [2.75, 3.05) is 27.3 Å². The Morgan fingerprint density at radius 1 is 1.07 bits per heavy atom. The molecule has 40 heavy (non-hydrogen) atoms. The summed E-state index contributed by atoms with van der Waals surface area (Å²) in [6.45, 7) is 6.86. The maximum atomic E-state index is 14.2. The molecule has 0 spiro atoms. The molecule has 0 saturated heterocycles. The van der Waals surface area contributed by atoms with Gasteiger partial charge in [0.1, 0.15) is 17.5 Å². The second-order valence-corrected chi connectivity index (χ2v) is 11.5. The van der Waals surface area contributed by atoms with E-state index in [1.165, 1.54) is 11.3 Å². The minimum Gasteiger partial charge on any atom is -0.496 e. The lowest BCUT2D eigenvalue weighted by Gasteiger charge is -2.30. The molecule has 9 heteroatoms. The lowest BCUT2D eigenvalue weighted by atomic mass is 9.90. The zero-order valence-electron chi connectivity index (χ0n) is 23.0.